The molecule has 2 unspecified atom stereocenters. The van der Waals surface area contributed by atoms with Crippen molar-refractivity contribution in [2.24, 2.45) is 0 Å². The van der Waals surface area contributed by atoms with Gasteiger partial charge in [-0.25, -0.2) is 8.42 Å². The van der Waals surface area contributed by atoms with Gasteiger partial charge in [0.15, 0.2) is 0 Å². The molecular formula is C11H22N2O4S. The molecule has 0 aromatic rings. The number of aliphatic hydroxyl groups excluding tert-OH is 1. The number of hydrogen-bond donors (Lipinski definition) is 2. The van der Waals surface area contributed by atoms with Gasteiger partial charge in [-0.05, 0) is 32.9 Å². The Hall–Kier alpha value is -0.210. The summed E-state index contributed by atoms with van der Waals surface area (Å²) in [6.45, 7) is 3.88. The van der Waals surface area contributed by atoms with E-state index in [1.807, 2.05) is 6.92 Å². The lowest BCUT2D eigenvalue weighted by Crippen LogP contribution is -2.53. The molecule has 18 heavy (non-hydrogen) atoms. The molecule has 0 radical (unpaired) electrons. The Labute approximate surface area is 108 Å². The van der Waals surface area contributed by atoms with E-state index >= 15 is 0 Å². The zero-order valence-corrected chi connectivity index (χ0v) is 11.5. The highest BCUT2D eigenvalue weighted by Crippen LogP contribution is 2.22. The van der Waals surface area contributed by atoms with Gasteiger partial charge in [0, 0.05) is 13.1 Å². The molecule has 0 spiro atoms. The van der Waals surface area contributed by atoms with Crippen molar-refractivity contribution in [1.82, 2.24) is 9.62 Å². The predicted molar refractivity (Wildman–Crippen MR) is 67.8 cm³/mol. The molecular weight excluding hydrogens is 256 g/mol. The van der Waals surface area contributed by atoms with Crippen molar-refractivity contribution in [2.45, 2.75) is 37.2 Å². The first-order chi connectivity index (χ1) is 8.54. The molecule has 0 aromatic heterocycles. The van der Waals surface area contributed by atoms with Crippen molar-refractivity contribution in [2.75, 3.05) is 32.8 Å². The maximum atomic E-state index is 12.5. The van der Waals surface area contributed by atoms with Crippen LogP contribution in [-0.2, 0) is 14.8 Å². The predicted octanol–water partition coefficient (Wildman–Crippen LogP) is -0.850. The molecule has 0 aliphatic carbocycles. The number of hydrogen-bond acceptors (Lipinski definition) is 5. The summed E-state index contributed by atoms with van der Waals surface area (Å²) in [7, 11) is -3.26. The van der Waals surface area contributed by atoms with Gasteiger partial charge in [0.05, 0.1) is 24.1 Å². The molecule has 2 aliphatic heterocycles. The van der Waals surface area contributed by atoms with Crippen LogP contribution in [0.15, 0.2) is 0 Å². The Morgan fingerprint density at radius 3 is 2.61 bits per heavy atom. The fourth-order valence-corrected chi connectivity index (χ4v) is 4.66. The van der Waals surface area contributed by atoms with Gasteiger partial charge in [0.25, 0.3) is 0 Å². The summed E-state index contributed by atoms with van der Waals surface area (Å²) in [5.74, 6) is 0. The Balaban J connectivity index is 2.08. The number of ether oxygens (including phenoxy) is 1. The van der Waals surface area contributed by atoms with Gasteiger partial charge in [0.1, 0.15) is 0 Å². The molecule has 7 heteroatoms. The third-order valence-electron chi connectivity index (χ3n) is 3.56. The van der Waals surface area contributed by atoms with Crippen LogP contribution in [-0.4, -0.2) is 68.1 Å². The molecule has 106 valence electrons. The van der Waals surface area contributed by atoms with Crippen LogP contribution in [0.25, 0.3) is 0 Å². The molecule has 2 saturated heterocycles. The van der Waals surface area contributed by atoms with Crippen LogP contribution < -0.4 is 5.32 Å². The number of morpholine rings is 1. The van der Waals surface area contributed by atoms with Crippen molar-refractivity contribution >= 4 is 10.0 Å². The summed E-state index contributed by atoms with van der Waals surface area (Å²) in [6.07, 6.45) is 0.771. The van der Waals surface area contributed by atoms with Gasteiger partial charge in [-0.2, -0.15) is 4.31 Å². The molecule has 0 amide bonds. The minimum absolute atomic E-state index is 0.136. The smallest absolute Gasteiger partial charge is 0.217 e. The Kier molecular flexibility index (Phi) is 4.60. The summed E-state index contributed by atoms with van der Waals surface area (Å²) >= 11 is 0. The second kappa shape index (κ2) is 5.83. The lowest BCUT2D eigenvalue weighted by molar-refractivity contribution is -0.0752. The average Bonchev–Trinajstić information content (AvgIpc) is 2.39. The minimum Gasteiger partial charge on any atom is -0.394 e. The van der Waals surface area contributed by atoms with Crippen LogP contribution in [0.4, 0.5) is 0 Å². The monoisotopic (exact) mass is 278 g/mol. The fraction of sp³-hybridized carbons (Fsp3) is 1.00. The first-order valence-electron chi connectivity index (χ1n) is 6.50. The highest BCUT2D eigenvalue weighted by Gasteiger charge is 2.37. The molecule has 2 fully saturated rings. The normalized spacial score (nSPS) is 32.6. The van der Waals surface area contributed by atoms with Crippen molar-refractivity contribution in [1.29, 1.82) is 0 Å². The second-order valence-corrected chi connectivity index (χ2v) is 7.28. The van der Waals surface area contributed by atoms with Crippen molar-refractivity contribution in [3.63, 3.8) is 0 Å². The lowest BCUT2D eigenvalue weighted by atomic mass is 10.2. The molecule has 2 heterocycles. The van der Waals surface area contributed by atoms with Crippen LogP contribution in [0.2, 0.25) is 0 Å². The van der Waals surface area contributed by atoms with E-state index in [-0.39, 0.29) is 24.5 Å². The van der Waals surface area contributed by atoms with Gasteiger partial charge in [-0.1, -0.05) is 0 Å². The maximum absolute atomic E-state index is 12.5. The molecule has 0 aromatic carbocycles. The van der Waals surface area contributed by atoms with Gasteiger partial charge in [-0.15, -0.1) is 0 Å². The number of rotatable bonds is 3. The van der Waals surface area contributed by atoms with Crippen LogP contribution in [0.1, 0.15) is 19.8 Å². The number of sulfonamides is 1. The zero-order valence-electron chi connectivity index (χ0n) is 10.7. The Morgan fingerprint density at radius 1 is 1.33 bits per heavy atom. The number of aliphatic hydroxyl groups is 1. The van der Waals surface area contributed by atoms with Crippen molar-refractivity contribution in [3.8, 4) is 0 Å². The van der Waals surface area contributed by atoms with Gasteiger partial charge in [0.2, 0.25) is 10.0 Å². The zero-order chi connectivity index (χ0) is 13.2. The number of nitrogens with one attached hydrogen (secondary N) is 1. The lowest BCUT2D eigenvalue weighted by Gasteiger charge is -2.37. The number of piperidine rings is 1. The molecule has 2 atom stereocenters. The van der Waals surface area contributed by atoms with E-state index in [4.69, 9.17) is 9.84 Å². The van der Waals surface area contributed by atoms with E-state index in [9.17, 15) is 8.42 Å². The Bertz CT molecular complexity index is 367. The van der Waals surface area contributed by atoms with E-state index in [2.05, 4.69) is 5.32 Å². The largest absolute Gasteiger partial charge is 0.394 e. The van der Waals surface area contributed by atoms with Gasteiger partial charge >= 0.3 is 0 Å². The standard InChI is InChI=1S/C11H22N2O4S/c1-9-6-13(7-10(8-14)17-9)18(15,16)11-2-4-12-5-3-11/h9-12,14H,2-8H2,1H3. The SMILES string of the molecule is CC1CN(S(=O)(=O)C2CCNCC2)CC(CO)O1. The molecule has 2 rings (SSSR count). The van der Waals surface area contributed by atoms with E-state index in [0.717, 1.165) is 13.1 Å². The Morgan fingerprint density at radius 2 is 2.00 bits per heavy atom. The minimum atomic E-state index is -3.26. The van der Waals surface area contributed by atoms with Crippen molar-refractivity contribution in [3.05, 3.63) is 0 Å². The summed E-state index contributed by atoms with van der Waals surface area (Å²) in [6, 6.07) is 0. The summed E-state index contributed by atoms with van der Waals surface area (Å²) in [5.41, 5.74) is 0. The molecule has 0 saturated carbocycles. The molecule has 6 nitrogen and oxygen atoms in total. The molecule has 0 bridgehead atoms. The quantitative estimate of drug-likeness (QED) is 0.703. The van der Waals surface area contributed by atoms with Crippen LogP contribution >= 0.6 is 0 Å². The summed E-state index contributed by atoms with van der Waals surface area (Å²) in [4.78, 5) is 0. The van der Waals surface area contributed by atoms with Gasteiger partial charge in [-0.3, -0.25) is 0 Å². The highest BCUT2D eigenvalue weighted by atomic mass is 32.2. The van der Waals surface area contributed by atoms with E-state index in [1.165, 1.54) is 4.31 Å². The third kappa shape index (κ3) is 3.03. The summed E-state index contributed by atoms with van der Waals surface area (Å²) in [5, 5.41) is 12.0. The molecule has 2 aliphatic rings. The van der Waals surface area contributed by atoms with E-state index < -0.39 is 16.1 Å². The third-order valence-corrected chi connectivity index (χ3v) is 5.90. The van der Waals surface area contributed by atoms with Crippen LogP contribution in [0, 0.1) is 0 Å². The van der Waals surface area contributed by atoms with Crippen LogP contribution in [0.5, 0.6) is 0 Å². The van der Waals surface area contributed by atoms with Crippen LogP contribution in [0.3, 0.4) is 0 Å². The van der Waals surface area contributed by atoms with Gasteiger partial charge < -0.3 is 15.2 Å². The second-order valence-electron chi connectivity index (χ2n) is 5.06. The maximum Gasteiger partial charge on any atom is 0.217 e. The summed E-state index contributed by atoms with van der Waals surface area (Å²) < 4.78 is 32.0. The fourth-order valence-electron chi connectivity index (χ4n) is 2.62. The van der Waals surface area contributed by atoms with Crippen molar-refractivity contribution < 1.29 is 18.3 Å². The first kappa shape index (κ1) is 14.2. The van der Waals surface area contributed by atoms with E-state index in [1.54, 1.807) is 0 Å². The molecule has 2 N–H and O–H groups in total. The van der Waals surface area contributed by atoms with E-state index in [0.29, 0.717) is 19.4 Å². The average molecular weight is 278 g/mol. The highest BCUT2D eigenvalue weighted by molar-refractivity contribution is 7.89. The number of nitrogens with zero attached hydrogens (tertiary/aromatic N) is 1. The first-order valence-corrected chi connectivity index (χ1v) is 8.00. The topological polar surface area (TPSA) is 78.9 Å².